The van der Waals surface area contributed by atoms with Crippen LogP contribution >= 0.6 is 11.3 Å². The van der Waals surface area contributed by atoms with Crippen LogP contribution in [0.3, 0.4) is 0 Å². The number of hydrogen-bond donors (Lipinski definition) is 0. The molecule has 1 aliphatic heterocycles. The number of hydrogen-bond acceptors (Lipinski definition) is 4. The smallest absolute Gasteiger partial charge is 0.125 e. The van der Waals surface area contributed by atoms with Gasteiger partial charge in [-0.25, -0.2) is 4.98 Å². The number of nitrogens with zero attached hydrogens (tertiary/aromatic N) is 2. The van der Waals surface area contributed by atoms with E-state index in [-0.39, 0.29) is 0 Å². The Bertz CT molecular complexity index is 337. The van der Waals surface area contributed by atoms with Gasteiger partial charge in [-0.2, -0.15) is 0 Å². The number of carbonyl (C=O) groups is 1. The Labute approximate surface area is 94.1 Å². The van der Waals surface area contributed by atoms with Gasteiger partial charge in [-0.05, 0) is 25.9 Å². The zero-order valence-electron chi connectivity index (χ0n) is 8.98. The van der Waals surface area contributed by atoms with Gasteiger partial charge in [0.15, 0.2) is 0 Å². The van der Waals surface area contributed by atoms with Crippen molar-refractivity contribution in [2.45, 2.75) is 19.3 Å². The highest BCUT2D eigenvalue weighted by molar-refractivity contribution is 7.09. The molecule has 0 amide bonds. The number of carbonyl (C=O) groups excluding carboxylic acids is 1. The van der Waals surface area contributed by atoms with Gasteiger partial charge in [-0.3, -0.25) is 0 Å². The first-order chi connectivity index (χ1) is 7.28. The molecule has 0 N–H and O–H groups in total. The van der Waals surface area contributed by atoms with E-state index in [1.807, 2.05) is 5.38 Å². The fraction of sp³-hybridized carbons (Fsp3) is 0.636. The summed E-state index contributed by atoms with van der Waals surface area (Å²) in [6, 6.07) is 0. The standard InChI is InChI=1S/C11H16N2OS/c1-13-4-2-9(7-13)6-11-12-10(3-5-14)8-15-11/h5,8-9H,2-4,6-7H2,1H3. The largest absolute Gasteiger partial charge is 0.306 e. The van der Waals surface area contributed by atoms with Crippen molar-refractivity contribution in [1.29, 1.82) is 0 Å². The van der Waals surface area contributed by atoms with Crippen molar-refractivity contribution < 1.29 is 4.79 Å². The lowest BCUT2D eigenvalue weighted by molar-refractivity contribution is -0.107. The van der Waals surface area contributed by atoms with Gasteiger partial charge in [0, 0.05) is 24.8 Å². The van der Waals surface area contributed by atoms with Gasteiger partial charge >= 0.3 is 0 Å². The zero-order chi connectivity index (χ0) is 10.7. The van der Waals surface area contributed by atoms with Crippen molar-refractivity contribution >= 4 is 17.6 Å². The molecular formula is C11H16N2OS. The highest BCUT2D eigenvalue weighted by Gasteiger charge is 2.20. The van der Waals surface area contributed by atoms with Crippen LogP contribution in [-0.2, 0) is 17.6 Å². The summed E-state index contributed by atoms with van der Waals surface area (Å²) in [6.07, 6.45) is 3.73. The summed E-state index contributed by atoms with van der Waals surface area (Å²) in [7, 11) is 2.17. The summed E-state index contributed by atoms with van der Waals surface area (Å²) in [5.41, 5.74) is 0.927. The van der Waals surface area contributed by atoms with Crippen LogP contribution in [0.25, 0.3) is 0 Å². The lowest BCUT2D eigenvalue weighted by Crippen LogP contribution is -2.14. The minimum Gasteiger partial charge on any atom is -0.306 e. The number of aromatic nitrogens is 1. The summed E-state index contributed by atoms with van der Waals surface area (Å²) < 4.78 is 0. The second-order valence-electron chi connectivity index (χ2n) is 4.22. The summed E-state index contributed by atoms with van der Waals surface area (Å²) in [4.78, 5) is 17.2. The highest BCUT2D eigenvalue weighted by atomic mass is 32.1. The van der Waals surface area contributed by atoms with E-state index >= 15 is 0 Å². The molecule has 1 fully saturated rings. The molecule has 1 atom stereocenters. The quantitative estimate of drug-likeness (QED) is 0.724. The Morgan fingerprint density at radius 3 is 3.27 bits per heavy atom. The molecule has 0 bridgehead atoms. The van der Waals surface area contributed by atoms with Crippen LogP contribution in [0.4, 0.5) is 0 Å². The van der Waals surface area contributed by atoms with Gasteiger partial charge in [0.2, 0.25) is 0 Å². The predicted molar refractivity (Wildman–Crippen MR) is 61.2 cm³/mol. The average Bonchev–Trinajstić information content (AvgIpc) is 2.78. The number of likely N-dealkylation sites (tertiary alicyclic amines) is 1. The maximum Gasteiger partial charge on any atom is 0.125 e. The lowest BCUT2D eigenvalue weighted by atomic mass is 10.1. The van der Waals surface area contributed by atoms with E-state index in [2.05, 4.69) is 16.9 Å². The first kappa shape index (κ1) is 10.8. The lowest BCUT2D eigenvalue weighted by Gasteiger charge is -2.07. The van der Waals surface area contributed by atoms with Crippen molar-refractivity contribution in [3.8, 4) is 0 Å². The molecule has 1 aliphatic rings. The monoisotopic (exact) mass is 224 g/mol. The molecule has 0 aliphatic carbocycles. The molecule has 1 unspecified atom stereocenters. The van der Waals surface area contributed by atoms with Crippen LogP contribution in [-0.4, -0.2) is 36.3 Å². The van der Waals surface area contributed by atoms with Gasteiger partial charge in [0.05, 0.1) is 10.7 Å². The van der Waals surface area contributed by atoms with E-state index in [9.17, 15) is 4.79 Å². The average molecular weight is 224 g/mol. The third-order valence-electron chi connectivity index (χ3n) is 2.84. The summed E-state index contributed by atoms with van der Waals surface area (Å²) >= 11 is 1.69. The molecule has 0 radical (unpaired) electrons. The molecule has 3 nitrogen and oxygen atoms in total. The van der Waals surface area contributed by atoms with Gasteiger partial charge in [0.25, 0.3) is 0 Å². The Morgan fingerprint density at radius 1 is 1.73 bits per heavy atom. The molecule has 2 heterocycles. The third-order valence-corrected chi connectivity index (χ3v) is 3.76. The molecule has 0 spiro atoms. The molecule has 82 valence electrons. The fourth-order valence-corrected chi connectivity index (χ4v) is 2.98. The van der Waals surface area contributed by atoms with Crippen molar-refractivity contribution in [2.24, 2.45) is 5.92 Å². The topological polar surface area (TPSA) is 33.2 Å². The van der Waals surface area contributed by atoms with Crippen molar-refractivity contribution in [3.63, 3.8) is 0 Å². The van der Waals surface area contributed by atoms with Crippen LogP contribution in [0.15, 0.2) is 5.38 Å². The third kappa shape index (κ3) is 2.86. The van der Waals surface area contributed by atoms with E-state index in [0.29, 0.717) is 6.42 Å². The van der Waals surface area contributed by atoms with Crippen LogP contribution in [0.2, 0.25) is 0 Å². The molecule has 1 aromatic heterocycles. The number of thiazole rings is 1. The second-order valence-corrected chi connectivity index (χ2v) is 5.17. The molecule has 1 aromatic rings. The van der Waals surface area contributed by atoms with Crippen molar-refractivity contribution in [2.75, 3.05) is 20.1 Å². The summed E-state index contributed by atoms with van der Waals surface area (Å²) in [5, 5.41) is 3.19. The first-order valence-electron chi connectivity index (χ1n) is 5.33. The first-order valence-corrected chi connectivity index (χ1v) is 6.21. The Kier molecular flexibility index (Phi) is 3.49. The van der Waals surface area contributed by atoms with E-state index in [4.69, 9.17) is 0 Å². The number of rotatable bonds is 4. The minimum absolute atomic E-state index is 0.459. The zero-order valence-corrected chi connectivity index (χ0v) is 9.80. The maximum absolute atomic E-state index is 10.3. The van der Waals surface area contributed by atoms with Crippen molar-refractivity contribution in [1.82, 2.24) is 9.88 Å². The Morgan fingerprint density at radius 2 is 2.60 bits per heavy atom. The molecular weight excluding hydrogens is 208 g/mol. The van der Waals surface area contributed by atoms with Gasteiger partial charge < -0.3 is 9.69 Å². The van der Waals surface area contributed by atoms with Crippen LogP contribution in [0, 0.1) is 5.92 Å². The van der Waals surface area contributed by atoms with Crippen LogP contribution in [0.5, 0.6) is 0 Å². The van der Waals surface area contributed by atoms with Gasteiger partial charge in [-0.15, -0.1) is 11.3 Å². The molecule has 15 heavy (non-hydrogen) atoms. The molecule has 4 heteroatoms. The summed E-state index contributed by atoms with van der Waals surface area (Å²) in [6.45, 7) is 2.39. The molecule has 2 rings (SSSR count). The minimum atomic E-state index is 0.459. The van der Waals surface area contributed by atoms with Gasteiger partial charge in [0.1, 0.15) is 6.29 Å². The molecule has 1 saturated heterocycles. The summed E-state index contributed by atoms with van der Waals surface area (Å²) in [5.74, 6) is 0.755. The van der Waals surface area contributed by atoms with E-state index in [1.54, 1.807) is 11.3 Å². The fourth-order valence-electron chi connectivity index (χ4n) is 2.06. The van der Waals surface area contributed by atoms with E-state index in [0.717, 1.165) is 24.3 Å². The molecule has 0 saturated carbocycles. The maximum atomic E-state index is 10.3. The normalized spacial score (nSPS) is 22.1. The van der Waals surface area contributed by atoms with Crippen molar-refractivity contribution in [3.05, 3.63) is 16.1 Å². The molecule has 0 aromatic carbocycles. The second kappa shape index (κ2) is 4.86. The SMILES string of the molecule is CN1CCC(Cc2nc(CC=O)cs2)C1. The number of aldehydes is 1. The Hall–Kier alpha value is -0.740. The van der Waals surface area contributed by atoms with E-state index < -0.39 is 0 Å². The highest BCUT2D eigenvalue weighted by Crippen LogP contribution is 2.21. The van der Waals surface area contributed by atoms with Crippen LogP contribution in [0.1, 0.15) is 17.1 Å². The predicted octanol–water partition coefficient (Wildman–Crippen LogP) is 1.38. The van der Waals surface area contributed by atoms with E-state index in [1.165, 1.54) is 24.5 Å². The Balaban J connectivity index is 1.90. The van der Waals surface area contributed by atoms with Gasteiger partial charge in [-0.1, -0.05) is 0 Å². The van der Waals surface area contributed by atoms with Crippen LogP contribution < -0.4 is 0 Å².